The number of unbranched alkanes of at least 4 members (excludes halogenated alkanes) is 30. The zero-order valence-corrected chi connectivity index (χ0v) is 39.7. The number of amides is 1. The van der Waals surface area contributed by atoms with Gasteiger partial charge in [0.15, 0.2) is 12.2 Å². The largest absolute Gasteiger partial charge is 0.464 e. The lowest BCUT2D eigenvalue weighted by atomic mass is 9.95. The van der Waals surface area contributed by atoms with Crippen LogP contribution >= 0.6 is 0 Å². The van der Waals surface area contributed by atoms with E-state index < -0.39 is 48.2 Å². The van der Waals surface area contributed by atoms with E-state index in [2.05, 4.69) is 19.2 Å². The second kappa shape index (κ2) is 41.7. The van der Waals surface area contributed by atoms with Crippen molar-refractivity contribution in [2.24, 2.45) is 0 Å². The molecule has 0 saturated carbocycles. The van der Waals surface area contributed by atoms with E-state index in [1.165, 1.54) is 182 Å². The lowest BCUT2D eigenvalue weighted by molar-refractivity contribution is -0.188. The summed E-state index contributed by atoms with van der Waals surface area (Å²) in [6, 6.07) is -1.04. The van der Waals surface area contributed by atoms with E-state index in [4.69, 9.17) is 18.9 Å². The minimum absolute atomic E-state index is 0.243. The van der Waals surface area contributed by atoms with Crippen LogP contribution in [0, 0.1) is 0 Å². The van der Waals surface area contributed by atoms with Gasteiger partial charge in [0.1, 0.15) is 18.8 Å². The average molecular weight is 852 g/mol. The molecule has 0 aromatic rings. The predicted molar refractivity (Wildman–Crippen MR) is 244 cm³/mol. The highest BCUT2D eigenvalue weighted by molar-refractivity contribution is 5.76. The van der Waals surface area contributed by atoms with E-state index in [1.54, 1.807) is 0 Å². The third-order valence-corrected chi connectivity index (χ3v) is 11.4. The van der Waals surface area contributed by atoms with Gasteiger partial charge in [0, 0.05) is 34.1 Å². The monoisotopic (exact) mass is 852 g/mol. The Hall–Kier alpha value is -2.65. The van der Waals surface area contributed by atoms with Crippen LogP contribution in [0.25, 0.3) is 0 Å². The first kappa shape index (κ1) is 57.3. The number of ether oxygens (including phenoxy) is 4. The van der Waals surface area contributed by atoms with Gasteiger partial charge in [0.05, 0.1) is 0 Å². The van der Waals surface area contributed by atoms with Gasteiger partial charge in [-0.15, -0.1) is 0 Å². The van der Waals surface area contributed by atoms with Gasteiger partial charge in [-0.1, -0.05) is 206 Å². The Kier molecular flexibility index (Phi) is 39.8. The summed E-state index contributed by atoms with van der Waals surface area (Å²) in [5.74, 6) is -2.78. The molecule has 0 aromatic heterocycles. The zero-order chi connectivity index (χ0) is 44.5. The quantitative estimate of drug-likeness (QED) is 0.0361. The van der Waals surface area contributed by atoms with E-state index in [9.17, 15) is 24.0 Å². The molecule has 0 aliphatic rings. The van der Waals surface area contributed by atoms with Crippen molar-refractivity contribution in [3.05, 3.63) is 0 Å². The molecule has 0 aromatic carbocycles. The number of esters is 4. The van der Waals surface area contributed by atoms with Crippen LogP contribution in [0.1, 0.15) is 260 Å². The molecule has 0 aliphatic carbocycles. The van der Waals surface area contributed by atoms with Crippen LogP contribution in [-0.2, 0) is 42.9 Å². The van der Waals surface area contributed by atoms with Gasteiger partial charge in [-0.2, -0.15) is 0 Å². The third-order valence-electron chi connectivity index (χ3n) is 11.4. The van der Waals surface area contributed by atoms with E-state index >= 15 is 0 Å². The molecular formula is C50H93NO9. The smallest absolute Gasteiger partial charge is 0.303 e. The first-order chi connectivity index (χ1) is 29.0. The number of rotatable bonds is 43. The lowest BCUT2D eigenvalue weighted by Gasteiger charge is -2.36. The van der Waals surface area contributed by atoms with Crippen LogP contribution in [0.4, 0.5) is 0 Å². The standard InChI is InChI=1S/C50H93NO9/c1-7-9-11-13-15-17-19-21-23-24-26-27-29-31-33-35-37-39-47(58-43(4)53)50(60-45(6)55)49(59-44(5)54)46(41-57-42(3)52)51-48(56)40-38-36-34-32-30-28-25-22-20-18-16-14-12-10-8-2/h46-47,49-50H,7-41H2,1-6H3,(H,51,56)/t46-,47+,49-,50+/m0/s1. The molecule has 0 rings (SSSR count). The van der Waals surface area contributed by atoms with Gasteiger partial charge in [0.25, 0.3) is 0 Å². The summed E-state index contributed by atoms with van der Waals surface area (Å²) in [6.07, 6.45) is 36.4. The second-order valence-electron chi connectivity index (χ2n) is 17.4. The van der Waals surface area contributed by atoms with Gasteiger partial charge < -0.3 is 24.3 Å². The summed E-state index contributed by atoms with van der Waals surface area (Å²) >= 11 is 0. The molecule has 1 N–H and O–H groups in total. The molecule has 0 radical (unpaired) electrons. The molecule has 0 heterocycles. The molecule has 0 fully saturated rings. The third kappa shape index (κ3) is 37.1. The molecule has 0 aliphatic heterocycles. The van der Waals surface area contributed by atoms with Crippen LogP contribution in [0.3, 0.4) is 0 Å². The molecule has 0 unspecified atom stereocenters. The Morgan fingerprint density at radius 1 is 0.383 bits per heavy atom. The SMILES string of the molecule is CCCCCCCCCCCCCCCCCCC[C@@H](OC(C)=O)[C@@H](OC(C)=O)[C@@H](OC(C)=O)[C@H](COC(C)=O)NC(=O)CCCCCCCCCCCCCCCCC. The Labute approximate surface area is 367 Å². The highest BCUT2D eigenvalue weighted by Gasteiger charge is 2.42. The van der Waals surface area contributed by atoms with Crippen molar-refractivity contribution in [1.29, 1.82) is 0 Å². The van der Waals surface area contributed by atoms with Crippen LogP contribution in [0.5, 0.6) is 0 Å². The number of hydrogen-bond donors (Lipinski definition) is 1. The number of carbonyl (C=O) groups excluding carboxylic acids is 5. The fraction of sp³-hybridized carbons (Fsp3) is 0.900. The van der Waals surface area contributed by atoms with Crippen molar-refractivity contribution in [2.75, 3.05) is 6.61 Å². The minimum atomic E-state index is -1.27. The molecule has 0 bridgehead atoms. The van der Waals surface area contributed by atoms with E-state index in [-0.39, 0.29) is 18.9 Å². The fourth-order valence-electron chi connectivity index (χ4n) is 8.05. The Morgan fingerprint density at radius 3 is 1.03 bits per heavy atom. The number of carbonyl (C=O) groups is 5. The molecule has 10 heteroatoms. The van der Waals surface area contributed by atoms with Crippen LogP contribution in [0.15, 0.2) is 0 Å². The Bertz CT molecular complexity index is 1070. The zero-order valence-electron chi connectivity index (χ0n) is 39.7. The first-order valence-corrected chi connectivity index (χ1v) is 25.0. The van der Waals surface area contributed by atoms with E-state index in [0.29, 0.717) is 19.3 Å². The van der Waals surface area contributed by atoms with Gasteiger partial charge >= 0.3 is 23.9 Å². The molecule has 352 valence electrons. The van der Waals surface area contributed by atoms with Crippen LogP contribution in [-0.4, -0.2) is 60.7 Å². The van der Waals surface area contributed by atoms with Gasteiger partial charge in [0.2, 0.25) is 5.91 Å². The van der Waals surface area contributed by atoms with Crippen molar-refractivity contribution >= 4 is 29.8 Å². The molecule has 0 saturated heterocycles. The number of nitrogens with one attached hydrogen (secondary N) is 1. The topological polar surface area (TPSA) is 134 Å². The Morgan fingerprint density at radius 2 is 0.700 bits per heavy atom. The molecule has 4 atom stereocenters. The van der Waals surface area contributed by atoms with Gasteiger partial charge in [-0.05, 0) is 19.3 Å². The summed E-state index contributed by atoms with van der Waals surface area (Å²) in [5, 5.41) is 2.89. The van der Waals surface area contributed by atoms with E-state index in [1.807, 2.05) is 0 Å². The normalized spacial score (nSPS) is 13.2. The highest BCUT2D eigenvalue weighted by Crippen LogP contribution is 2.23. The lowest BCUT2D eigenvalue weighted by Crippen LogP contribution is -2.57. The maximum Gasteiger partial charge on any atom is 0.303 e. The summed E-state index contributed by atoms with van der Waals surface area (Å²) in [4.78, 5) is 62.5. The average Bonchev–Trinajstić information content (AvgIpc) is 3.19. The van der Waals surface area contributed by atoms with Crippen molar-refractivity contribution < 1.29 is 42.9 Å². The maximum atomic E-state index is 13.3. The van der Waals surface area contributed by atoms with Gasteiger partial charge in [-0.25, -0.2) is 0 Å². The fourth-order valence-corrected chi connectivity index (χ4v) is 8.05. The van der Waals surface area contributed by atoms with Crippen LogP contribution < -0.4 is 5.32 Å². The van der Waals surface area contributed by atoms with Crippen molar-refractivity contribution in [3.63, 3.8) is 0 Å². The summed E-state index contributed by atoms with van der Waals surface area (Å²) in [6.45, 7) is 9.17. The maximum absolute atomic E-state index is 13.3. The number of hydrogen-bond acceptors (Lipinski definition) is 9. The minimum Gasteiger partial charge on any atom is -0.464 e. The first-order valence-electron chi connectivity index (χ1n) is 25.0. The summed E-state index contributed by atoms with van der Waals surface area (Å²) in [5.41, 5.74) is 0. The molecule has 1 amide bonds. The van der Waals surface area contributed by atoms with Gasteiger partial charge in [-0.3, -0.25) is 24.0 Å². The van der Waals surface area contributed by atoms with Crippen molar-refractivity contribution in [1.82, 2.24) is 5.32 Å². The molecule has 10 nitrogen and oxygen atoms in total. The molecule has 60 heavy (non-hydrogen) atoms. The molecular weight excluding hydrogens is 759 g/mol. The second-order valence-corrected chi connectivity index (χ2v) is 17.4. The van der Waals surface area contributed by atoms with Crippen LogP contribution in [0.2, 0.25) is 0 Å². The Balaban J connectivity index is 5.03. The molecule has 0 spiro atoms. The summed E-state index contributed by atoms with van der Waals surface area (Å²) in [7, 11) is 0. The van der Waals surface area contributed by atoms with Crippen molar-refractivity contribution in [2.45, 2.75) is 284 Å². The summed E-state index contributed by atoms with van der Waals surface area (Å²) < 4.78 is 22.5. The highest BCUT2D eigenvalue weighted by atomic mass is 16.6. The van der Waals surface area contributed by atoms with E-state index in [0.717, 1.165) is 38.5 Å². The predicted octanol–water partition coefficient (Wildman–Crippen LogP) is 13.1. The van der Waals surface area contributed by atoms with Crippen molar-refractivity contribution in [3.8, 4) is 0 Å².